The molecule has 1 aromatic rings. The molecule has 1 aliphatic rings. The predicted octanol–water partition coefficient (Wildman–Crippen LogP) is 2.68. The number of aryl methyl sites for hydroxylation is 2. The quantitative estimate of drug-likeness (QED) is 0.803. The van der Waals surface area contributed by atoms with Crippen LogP contribution in [0.15, 0.2) is 18.2 Å². The van der Waals surface area contributed by atoms with Crippen LogP contribution in [0.3, 0.4) is 0 Å². The van der Waals surface area contributed by atoms with Crippen LogP contribution in [0.2, 0.25) is 0 Å². The molecule has 1 unspecified atom stereocenters. The third-order valence-electron chi connectivity index (χ3n) is 3.24. The monoisotopic (exact) mass is 207 g/mol. The van der Waals surface area contributed by atoms with Crippen molar-refractivity contribution < 1.29 is 4.39 Å². The summed E-state index contributed by atoms with van der Waals surface area (Å²) in [4.78, 5) is 0. The van der Waals surface area contributed by atoms with Crippen LogP contribution in [0.25, 0.3) is 0 Å². The minimum atomic E-state index is -0.0722. The highest BCUT2D eigenvalue weighted by molar-refractivity contribution is 5.23. The van der Waals surface area contributed by atoms with Crippen LogP contribution < -0.4 is 5.32 Å². The largest absolute Gasteiger partial charge is 0.316 e. The van der Waals surface area contributed by atoms with Gasteiger partial charge in [-0.15, -0.1) is 0 Å². The van der Waals surface area contributed by atoms with Crippen LogP contribution in [0, 0.1) is 18.7 Å². The molecule has 0 saturated carbocycles. The van der Waals surface area contributed by atoms with E-state index in [1.54, 1.807) is 13.0 Å². The topological polar surface area (TPSA) is 12.0 Å². The van der Waals surface area contributed by atoms with Crippen LogP contribution in [-0.4, -0.2) is 13.1 Å². The summed E-state index contributed by atoms with van der Waals surface area (Å²) in [7, 11) is 0. The molecule has 1 saturated heterocycles. The van der Waals surface area contributed by atoms with Crippen molar-refractivity contribution in [1.82, 2.24) is 5.32 Å². The molecular weight excluding hydrogens is 189 g/mol. The molecule has 1 nitrogen and oxygen atoms in total. The molecule has 0 aromatic heterocycles. The van der Waals surface area contributed by atoms with Gasteiger partial charge in [-0.2, -0.15) is 0 Å². The van der Waals surface area contributed by atoms with E-state index >= 15 is 0 Å². The lowest BCUT2D eigenvalue weighted by Crippen LogP contribution is -2.09. The molecule has 82 valence electrons. The van der Waals surface area contributed by atoms with Crippen molar-refractivity contribution in [2.45, 2.75) is 26.2 Å². The van der Waals surface area contributed by atoms with Gasteiger partial charge in [0.2, 0.25) is 0 Å². The number of benzene rings is 1. The number of halogens is 1. The Hall–Kier alpha value is -0.890. The molecule has 1 heterocycles. The van der Waals surface area contributed by atoms with Gasteiger partial charge in [-0.3, -0.25) is 0 Å². The SMILES string of the molecule is Cc1ccc(CCC2CCNC2)cc1F. The Morgan fingerprint density at radius 3 is 3.00 bits per heavy atom. The zero-order valence-corrected chi connectivity index (χ0v) is 9.22. The highest BCUT2D eigenvalue weighted by Gasteiger charge is 2.13. The molecule has 2 rings (SSSR count). The normalized spacial score (nSPS) is 20.8. The average molecular weight is 207 g/mol. The van der Waals surface area contributed by atoms with E-state index in [1.807, 2.05) is 12.1 Å². The predicted molar refractivity (Wildman–Crippen MR) is 60.4 cm³/mol. The fourth-order valence-corrected chi connectivity index (χ4v) is 2.12. The van der Waals surface area contributed by atoms with E-state index in [0.29, 0.717) is 0 Å². The fourth-order valence-electron chi connectivity index (χ4n) is 2.12. The van der Waals surface area contributed by atoms with Gasteiger partial charge in [-0.05, 0) is 62.4 Å². The van der Waals surface area contributed by atoms with E-state index in [2.05, 4.69) is 5.32 Å². The third kappa shape index (κ3) is 2.78. The van der Waals surface area contributed by atoms with Crippen molar-refractivity contribution in [1.29, 1.82) is 0 Å². The van der Waals surface area contributed by atoms with Crippen molar-refractivity contribution in [3.8, 4) is 0 Å². The third-order valence-corrected chi connectivity index (χ3v) is 3.24. The van der Waals surface area contributed by atoms with Gasteiger partial charge >= 0.3 is 0 Å². The van der Waals surface area contributed by atoms with Gasteiger partial charge in [0.25, 0.3) is 0 Å². The summed E-state index contributed by atoms with van der Waals surface area (Å²) < 4.78 is 13.3. The molecule has 1 fully saturated rings. The lowest BCUT2D eigenvalue weighted by Gasteiger charge is -2.08. The summed E-state index contributed by atoms with van der Waals surface area (Å²) in [6.07, 6.45) is 3.45. The average Bonchev–Trinajstić information content (AvgIpc) is 2.73. The number of hydrogen-bond donors (Lipinski definition) is 1. The van der Waals surface area contributed by atoms with Gasteiger partial charge in [-0.1, -0.05) is 12.1 Å². The lowest BCUT2D eigenvalue weighted by molar-refractivity contribution is 0.531. The highest BCUT2D eigenvalue weighted by atomic mass is 19.1. The Morgan fingerprint density at radius 1 is 1.47 bits per heavy atom. The summed E-state index contributed by atoms with van der Waals surface area (Å²) in [6.45, 7) is 4.08. The van der Waals surface area contributed by atoms with Crippen molar-refractivity contribution in [2.24, 2.45) is 5.92 Å². The van der Waals surface area contributed by atoms with Gasteiger partial charge in [0.05, 0.1) is 0 Å². The summed E-state index contributed by atoms with van der Waals surface area (Å²) in [6, 6.07) is 5.59. The number of rotatable bonds is 3. The lowest BCUT2D eigenvalue weighted by atomic mass is 9.98. The first kappa shape index (κ1) is 10.6. The van der Waals surface area contributed by atoms with E-state index in [-0.39, 0.29) is 5.82 Å². The first-order valence-electron chi connectivity index (χ1n) is 5.71. The zero-order chi connectivity index (χ0) is 10.7. The Morgan fingerprint density at radius 2 is 2.33 bits per heavy atom. The van der Waals surface area contributed by atoms with Crippen LogP contribution in [-0.2, 0) is 6.42 Å². The van der Waals surface area contributed by atoms with Crippen LogP contribution >= 0.6 is 0 Å². The fraction of sp³-hybridized carbons (Fsp3) is 0.538. The molecule has 2 heteroatoms. The molecule has 1 aliphatic heterocycles. The summed E-state index contributed by atoms with van der Waals surface area (Å²) >= 11 is 0. The van der Waals surface area contributed by atoms with Gasteiger partial charge in [0.1, 0.15) is 5.82 Å². The maximum absolute atomic E-state index is 13.3. The van der Waals surface area contributed by atoms with Crippen molar-refractivity contribution in [3.05, 3.63) is 35.1 Å². The molecule has 0 bridgehead atoms. The van der Waals surface area contributed by atoms with Crippen LogP contribution in [0.1, 0.15) is 24.0 Å². The van der Waals surface area contributed by atoms with E-state index in [4.69, 9.17) is 0 Å². The van der Waals surface area contributed by atoms with E-state index in [9.17, 15) is 4.39 Å². The maximum Gasteiger partial charge on any atom is 0.126 e. The molecule has 1 N–H and O–H groups in total. The number of nitrogens with one attached hydrogen (secondary N) is 1. The minimum absolute atomic E-state index is 0.0722. The Kier molecular flexibility index (Phi) is 3.37. The van der Waals surface area contributed by atoms with Crippen molar-refractivity contribution in [3.63, 3.8) is 0 Å². The standard InChI is InChI=1S/C13H18FN/c1-10-2-3-11(8-13(10)14)4-5-12-6-7-15-9-12/h2-3,8,12,15H,4-7,9H2,1H3. The van der Waals surface area contributed by atoms with E-state index < -0.39 is 0 Å². The second-order valence-corrected chi connectivity index (χ2v) is 4.48. The molecule has 0 radical (unpaired) electrons. The summed E-state index contributed by atoms with van der Waals surface area (Å²) in [5.74, 6) is 0.714. The Balaban J connectivity index is 1.90. The molecule has 15 heavy (non-hydrogen) atoms. The number of hydrogen-bond acceptors (Lipinski definition) is 1. The minimum Gasteiger partial charge on any atom is -0.316 e. The maximum atomic E-state index is 13.3. The van der Waals surface area contributed by atoms with Crippen molar-refractivity contribution in [2.75, 3.05) is 13.1 Å². The van der Waals surface area contributed by atoms with Gasteiger partial charge in [0.15, 0.2) is 0 Å². The highest BCUT2D eigenvalue weighted by Crippen LogP contribution is 2.17. The second-order valence-electron chi connectivity index (χ2n) is 4.48. The molecule has 1 atom stereocenters. The molecule has 1 aromatic carbocycles. The van der Waals surface area contributed by atoms with Crippen molar-refractivity contribution >= 4 is 0 Å². The smallest absolute Gasteiger partial charge is 0.126 e. The van der Waals surface area contributed by atoms with Gasteiger partial charge < -0.3 is 5.32 Å². The first-order valence-corrected chi connectivity index (χ1v) is 5.71. The van der Waals surface area contributed by atoms with Gasteiger partial charge in [0, 0.05) is 0 Å². The van der Waals surface area contributed by atoms with Crippen LogP contribution in [0.5, 0.6) is 0 Å². The molecule has 0 spiro atoms. The Labute approximate surface area is 90.7 Å². The molecule has 0 amide bonds. The van der Waals surface area contributed by atoms with E-state index in [0.717, 1.165) is 36.6 Å². The van der Waals surface area contributed by atoms with Gasteiger partial charge in [-0.25, -0.2) is 4.39 Å². The Bertz CT molecular complexity index is 329. The van der Waals surface area contributed by atoms with E-state index in [1.165, 1.54) is 12.8 Å². The first-order chi connectivity index (χ1) is 7.25. The zero-order valence-electron chi connectivity index (χ0n) is 9.22. The van der Waals surface area contributed by atoms with Crippen LogP contribution in [0.4, 0.5) is 4.39 Å². The molecular formula is C13H18FN. The summed E-state index contributed by atoms with van der Waals surface area (Å²) in [5.41, 5.74) is 1.87. The summed E-state index contributed by atoms with van der Waals surface area (Å²) in [5, 5.41) is 3.36. The molecule has 0 aliphatic carbocycles. The second kappa shape index (κ2) is 4.75.